The molecule has 2 aliphatic rings. The van der Waals surface area contributed by atoms with E-state index in [2.05, 4.69) is 11.9 Å². The highest BCUT2D eigenvalue weighted by molar-refractivity contribution is 4.73. The molecule has 0 spiro atoms. The first-order chi connectivity index (χ1) is 7.34. The minimum absolute atomic E-state index is 1.06. The van der Waals surface area contributed by atoms with Crippen molar-refractivity contribution >= 4 is 0 Å². The van der Waals surface area contributed by atoms with Crippen LogP contribution in [0.15, 0.2) is 0 Å². The standard InChI is InChI=1S/C14H27N/c1-15-11-9-14(10-12-15)8-7-13-5-3-2-4-6-13/h13-14H,2-12H2,1H3. The highest BCUT2D eigenvalue weighted by Gasteiger charge is 2.19. The molecule has 0 atom stereocenters. The van der Waals surface area contributed by atoms with Gasteiger partial charge in [-0.1, -0.05) is 44.9 Å². The molecular weight excluding hydrogens is 182 g/mol. The van der Waals surface area contributed by atoms with Gasteiger partial charge < -0.3 is 4.90 Å². The Morgan fingerprint density at radius 1 is 0.800 bits per heavy atom. The van der Waals surface area contributed by atoms with E-state index in [4.69, 9.17) is 0 Å². The third-order valence-corrected chi connectivity index (χ3v) is 4.55. The fourth-order valence-electron chi connectivity index (χ4n) is 3.30. The van der Waals surface area contributed by atoms with Crippen LogP contribution in [0.1, 0.15) is 57.8 Å². The van der Waals surface area contributed by atoms with Crippen molar-refractivity contribution in [2.75, 3.05) is 20.1 Å². The molecule has 1 aliphatic carbocycles. The molecule has 1 saturated carbocycles. The summed E-state index contributed by atoms with van der Waals surface area (Å²) in [7, 11) is 2.26. The van der Waals surface area contributed by atoms with Gasteiger partial charge in [0.2, 0.25) is 0 Å². The molecule has 0 N–H and O–H groups in total. The van der Waals surface area contributed by atoms with E-state index in [0.29, 0.717) is 0 Å². The Labute approximate surface area is 95.2 Å². The summed E-state index contributed by atoms with van der Waals surface area (Å²) >= 11 is 0. The van der Waals surface area contributed by atoms with Crippen LogP contribution < -0.4 is 0 Å². The highest BCUT2D eigenvalue weighted by atomic mass is 15.1. The second kappa shape index (κ2) is 5.89. The predicted octanol–water partition coefficient (Wildman–Crippen LogP) is 3.69. The number of likely N-dealkylation sites (tertiary alicyclic amines) is 1. The number of hydrogen-bond donors (Lipinski definition) is 0. The second-order valence-corrected chi connectivity index (χ2v) is 5.83. The fraction of sp³-hybridized carbons (Fsp3) is 1.00. The van der Waals surface area contributed by atoms with Crippen molar-refractivity contribution in [2.24, 2.45) is 11.8 Å². The third kappa shape index (κ3) is 3.79. The molecule has 88 valence electrons. The Hall–Kier alpha value is -0.0400. The molecule has 1 aliphatic heterocycles. The van der Waals surface area contributed by atoms with E-state index in [0.717, 1.165) is 11.8 Å². The molecule has 0 aromatic carbocycles. The van der Waals surface area contributed by atoms with Crippen LogP contribution in [0.4, 0.5) is 0 Å². The first kappa shape index (κ1) is 11.4. The first-order valence-electron chi connectivity index (χ1n) is 7.03. The molecule has 15 heavy (non-hydrogen) atoms. The van der Waals surface area contributed by atoms with Gasteiger partial charge in [0.05, 0.1) is 0 Å². The molecule has 2 rings (SSSR count). The molecular formula is C14H27N. The van der Waals surface area contributed by atoms with Gasteiger partial charge in [-0.2, -0.15) is 0 Å². The first-order valence-corrected chi connectivity index (χ1v) is 7.03. The van der Waals surface area contributed by atoms with Gasteiger partial charge in [0.25, 0.3) is 0 Å². The summed E-state index contributed by atoms with van der Waals surface area (Å²) in [5.41, 5.74) is 0. The molecule has 0 aromatic heterocycles. The average Bonchev–Trinajstić information content (AvgIpc) is 2.30. The van der Waals surface area contributed by atoms with Crippen molar-refractivity contribution in [1.29, 1.82) is 0 Å². The van der Waals surface area contributed by atoms with E-state index in [9.17, 15) is 0 Å². The molecule has 0 unspecified atom stereocenters. The quantitative estimate of drug-likeness (QED) is 0.685. The van der Waals surface area contributed by atoms with Gasteiger partial charge in [-0.15, -0.1) is 0 Å². The maximum atomic E-state index is 2.48. The number of hydrogen-bond acceptors (Lipinski definition) is 1. The smallest absolute Gasteiger partial charge is 0.00191 e. The van der Waals surface area contributed by atoms with Gasteiger partial charge in [0.15, 0.2) is 0 Å². The average molecular weight is 209 g/mol. The van der Waals surface area contributed by atoms with E-state index >= 15 is 0 Å². The van der Waals surface area contributed by atoms with E-state index in [1.54, 1.807) is 0 Å². The molecule has 1 heteroatoms. The number of rotatable bonds is 3. The molecule has 0 aromatic rings. The monoisotopic (exact) mass is 209 g/mol. The molecule has 0 bridgehead atoms. The summed E-state index contributed by atoms with van der Waals surface area (Å²) in [6.07, 6.45) is 13.6. The van der Waals surface area contributed by atoms with Gasteiger partial charge >= 0.3 is 0 Å². The van der Waals surface area contributed by atoms with Crippen LogP contribution in [0.25, 0.3) is 0 Å². The van der Waals surface area contributed by atoms with Crippen molar-refractivity contribution in [3.63, 3.8) is 0 Å². The zero-order valence-electron chi connectivity index (χ0n) is 10.4. The van der Waals surface area contributed by atoms with Crippen molar-refractivity contribution < 1.29 is 0 Å². The van der Waals surface area contributed by atoms with Crippen LogP contribution in [0.3, 0.4) is 0 Å². The van der Waals surface area contributed by atoms with Crippen molar-refractivity contribution in [1.82, 2.24) is 4.90 Å². The predicted molar refractivity (Wildman–Crippen MR) is 66.0 cm³/mol. The number of nitrogens with zero attached hydrogens (tertiary/aromatic N) is 1. The topological polar surface area (TPSA) is 3.24 Å². The largest absolute Gasteiger partial charge is 0.306 e. The zero-order chi connectivity index (χ0) is 10.5. The highest BCUT2D eigenvalue weighted by Crippen LogP contribution is 2.30. The van der Waals surface area contributed by atoms with Crippen LogP contribution >= 0.6 is 0 Å². The van der Waals surface area contributed by atoms with Gasteiger partial charge in [0.1, 0.15) is 0 Å². The summed E-state index contributed by atoms with van der Waals surface area (Å²) < 4.78 is 0. The Balaban J connectivity index is 1.60. The van der Waals surface area contributed by atoms with Crippen molar-refractivity contribution in [2.45, 2.75) is 57.8 Å². The summed E-state index contributed by atoms with van der Waals surface area (Å²) in [6.45, 7) is 2.69. The lowest BCUT2D eigenvalue weighted by molar-refractivity contribution is 0.198. The summed E-state index contributed by atoms with van der Waals surface area (Å²) in [6, 6.07) is 0. The van der Waals surface area contributed by atoms with Crippen molar-refractivity contribution in [3.05, 3.63) is 0 Å². The SMILES string of the molecule is CN1CCC(CCC2CCCCC2)CC1. The minimum atomic E-state index is 1.06. The van der Waals surface area contributed by atoms with Gasteiger partial charge in [0, 0.05) is 0 Å². The molecule has 2 fully saturated rings. The van der Waals surface area contributed by atoms with Crippen LogP contribution in [-0.2, 0) is 0 Å². The van der Waals surface area contributed by atoms with Crippen molar-refractivity contribution in [3.8, 4) is 0 Å². The van der Waals surface area contributed by atoms with Crippen LogP contribution in [0.2, 0.25) is 0 Å². The summed E-state index contributed by atoms with van der Waals surface area (Å²) in [5.74, 6) is 2.15. The lowest BCUT2D eigenvalue weighted by Gasteiger charge is -2.30. The van der Waals surface area contributed by atoms with E-state index in [1.807, 2.05) is 0 Å². The molecule has 0 radical (unpaired) electrons. The normalized spacial score (nSPS) is 27.0. The summed E-state index contributed by atoms with van der Waals surface area (Å²) in [5, 5.41) is 0. The second-order valence-electron chi connectivity index (χ2n) is 5.83. The molecule has 0 amide bonds. The minimum Gasteiger partial charge on any atom is -0.306 e. The number of piperidine rings is 1. The van der Waals surface area contributed by atoms with E-state index in [1.165, 1.54) is 70.9 Å². The van der Waals surface area contributed by atoms with Gasteiger partial charge in [-0.3, -0.25) is 0 Å². The Morgan fingerprint density at radius 2 is 1.33 bits per heavy atom. The molecule has 1 saturated heterocycles. The maximum Gasteiger partial charge on any atom is -0.00191 e. The molecule has 1 heterocycles. The van der Waals surface area contributed by atoms with E-state index < -0.39 is 0 Å². The van der Waals surface area contributed by atoms with Crippen LogP contribution in [0, 0.1) is 11.8 Å². The van der Waals surface area contributed by atoms with Crippen LogP contribution in [0.5, 0.6) is 0 Å². The zero-order valence-corrected chi connectivity index (χ0v) is 10.4. The molecule has 1 nitrogen and oxygen atoms in total. The summed E-state index contributed by atoms with van der Waals surface area (Å²) in [4.78, 5) is 2.48. The fourth-order valence-corrected chi connectivity index (χ4v) is 3.30. The Kier molecular flexibility index (Phi) is 4.49. The lowest BCUT2D eigenvalue weighted by atomic mass is 9.82. The lowest BCUT2D eigenvalue weighted by Crippen LogP contribution is -2.30. The maximum absolute atomic E-state index is 2.48. The van der Waals surface area contributed by atoms with E-state index in [-0.39, 0.29) is 0 Å². The Morgan fingerprint density at radius 3 is 1.93 bits per heavy atom. The van der Waals surface area contributed by atoms with Gasteiger partial charge in [-0.05, 0) is 44.8 Å². The van der Waals surface area contributed by atoms with Crippen LogP contribution in [-0.4, -0.2) is 25.0 Å². The Bertz CT molecular complexity index is 164. The third-order valence-electron chi connectivity index (χ3n) is 4.55. The van der Waals surface area contributed by atoms with Gasteiger partial charge in [-0.25, -0.2) is 0 Å².